The molecule has 2 aromatic carbocycles. The third-order valence-corrected chi connectivity index (χ3v) is 13.1. The van der Waals surface area contributed by atoms with Gasteiger partial charge >= 0.3 is 6.09 Å². The second kappa shape index (κ2) is 17.6. The van der Waals surface area contributed by atoms with Crippen LogP contribution in [0.1, 0.15) is 113 Å². The molecule has 0 fully saturated rings. The highest BCUT2D eigenvalue weighted by Gasteiger charge is 2.42. The minimum absolute atomic E-state index is 0.0528. The minimum Gasteiger partial charge on any atom is -0.444 e. The first-order valence-electron chi connectivity index (χ1n) is 17.4. The molecule has 3 amide bonds. The molecule has 2 N–H and O–H groups in total. The van der Waals surface area contributed by atoms with Crippen LogP contribution < -0.4 is 10.6 Å². The molecule has 2 aromatic rings. The summed E-state index contributed by atoms with van der Waals surface area (Å²) in [5, 5.41) is 5.77. The van der Waals surface area contributed by atoms with Gasteiger partial charge in [0.05, 0.1) is 12.1 Å². The number of halogens is 2. The first-order valence-corrected chi connectivity index (χ1v) is 20.3. The van der Waals surface area contributed by atoms with Crippen molar-refractivity contribution in [3.63, 3.8) is 0 Å². The molecule has 0 bridgehead atoms. The molecular weight excluding hydrogens is 645 g/mol. The molecule has 0 aliphatic carbocycles. The number of nitrogens with zero attached hydrogens (tertiary/aromatic N) is 1. The van der Waals surface area contributed by atoms with Gasteiger partial charge in [0.15, 0.2) is 8.32 Å². The van der Waals surface area contributed by atoms with E-state index < -0.39 is 55.7 Å². The summed E-state index contributed by atoms with van der Waals surface area (Å²) in [7, 11) is -2.50. The molecule has 0 heterocycles. The fourth-order valence-electron chi connectivity index (χ4n) is 5.35. The van der Waals surface area contributed by atoms with Crippen molar-refractivity contribution in [1.29, 1.82) is 0 Å². The number of amides is 3. The fourth-order valence-corrected chi connectivity index (χ4v) is 6.72. The standard InChI is InChI=1S/C38H59F2N3O5Si/c1-13-15-43(16-14-2)35(45)29-18-25(3)17-28(23-29)34(44)42-32(22-27-20-30(39)24-31(40)21-27)33(48-49(11,12)38(8,9)10)19-26(4)41-36(46)47-37(5,6)7/h17-18,20-21,23-24,26,32-33H,13-16,19,22H2,1-12H3,(H,41,46)(H,42,44)/t26?,32-,33-/m0/s1. The number of ether oxygens (including phenoxy) is 1. The number of rotatable bonds is 15. The van der Waals surface area contributed by atoms with Crippen LogP contribution in [0.2, 0.25) is 18.1 Å². The zero-order valence-corrected chi connectivity index (χ0v) is 32.7. The summed E-state index contributed by atoms with van der Waals surface area (Å²) in [6, 6.07) is 7.17. The van der Waals surface area contributed by atoms with Crippen LogP contribution in [0.4, 0.5) is 13.6 Å². The zero-order valence-electron chi connectivity index (χ0n) is 31.7. The van der Waals surface area contributed by atoms with Crippen molar-refractivity contribution >= 4 is 26.2 Å². The van der Waals surface area contributed by atoms with Gasteiger partial charge in [-0.2, -0.15) is 0 Å². The molecule has 0 spiro atoms. The third-order valence-electron chi connectivity index (χ3n) is 8.61. The van der Waals surface area contributed by atoms with Gasteiger partial charge in [-0.15, -0.1) is 0 Å². The molecule has 0 aromatic heterocycles. The normalized spacial score (nSPS) is 14.1. The quantitative estimate of drug-likeness (QED) is 0.181. The molecule has 49 heavy (non-hydrogen) atoms. The lowest BCUT2D eigenvalue weighted by Gasteiger charge is -2.42. The van der Waals surface area contributed by atoms with Crippen LogP contribution in [0, 0.1) is 18.6 Å². The van der Waals surface area contributed by atoms with Crippen LogP contribution in [-0.4, -0.2) is 68.0 Å². The average Bonchev–Trinajstić information content (AvgIpc) is 2.93. The molecule has 0 aliphatic heterocycles. The van der Waals surface area contributed by atoms with Gasteiger partial charge in [-0.05, 0) is 120 Å². The van der Waals surface area contributed by atoms with E-state index in [2.05, 4.69) is 44.5 Å². The molecule has 0 radical (unpaired) electrons. The van der Waals surface area contributed by atoms with Crippen LogP contribution in [0.15, 0.2) is 36.4 Å². The summed E-state index contributed by atoms with van der Waals surface area (Å²) < 4.78 is 41.2. The molecule has 8 nitrogen and oxygen atoms in total. The maximum Gasteiger partial charge on any atom is 0.407 e. The van der Waals surface area contributed by atoms with E-state index in [1.54, 1.807) is 43.9 Å². The lowest BCUT2D eigenvalue weighted by Crippen LogP contribution is -2.54. The Morgan fingerprint density at radius 1 is 0.857 bits per heavy atom. The van der Waals surface area contributed by atoms with Crippen LogP contribution in [-0.2, 0) is 15.6 Å². The van der Waals surface area contributed by atoms with E-state index in [-0.39, 0.29) is 29.4 Å². The molecule has 2 rings (SSSR count). The number of nitrogens with one attached hydrogen (secondary N) is 2. The Morgan fingerprint density at radius 3 is 1.92 bits per heavy atom. The predicted molar refractivity (Wildman–Crippen MR) is 194 cm³/mol. The zero-order chi connectivity index (χ0) is 37.3. The second-order valence-corrected chi connectivity index (χ2v) is 20.4. The van der Waals surface area contributed by atoms with E-state index in [1.165, 1.54) is 12.1 Å². The number of benzene rings is 2. The highest BCUT2D eigenvalue weighted by atomic mass is 28.4. The smallest absolute Gasteiger partial charge is 0.407 e. The van der Waals surface area contributed by atoms with Crippen LogP contribution in [0.3, 0.4) is 0 Å². The Kier molecular flexibility index (Phi) is 15.0. The maximum absolute atomic E-state index is 14.4. The number of hydrogen-bond donors (Lipinski definition) is 2. The molecule has 3 atom stereocenters. The monoisotopic (exact) mass is 703 g/mol. The van der Waals surface area contributed by atoms with E-state index >= 15 is 0 Å². The molecule has 0 aliphatic rings. The maximum atomic E-state index is 14.4. The fraction of sp³-hybridized carbons (Fsp3) is 0.605. The predicted octanol–water partition coefficient (Wildman–Crippen LogP) is 8.57. The molecule has 1 unspecified atom stereocenters. The number of hydrogen-bond acceptors (Lipinski definition) is 5. The Balaban J connectivity index is 2.60. The van der Waals surface area contributed by atoms with Crippen molar-refractivity contribution in [2.24, 2.45) is 0 Å². The topological polar surface area (TPSA) is 97.0 Å². The van der Waals surface area contributed by atoms with E-state index in [9.17, 15) is 23.2 Å². The van der Waals surface area contributed by atoms with Gasteiger partial charge in [-0.25, -0.2) is 13.6 Å². The van der Waals surface area contributed by atoms with Crippen molar-refractivity contribution in [2.45, 2.75) is 137 Å². The van der Waals surface area contributed by atoms with E-state index in [0.717, 1.165) is 24.5 Å². The number of carbonyl (C=O) groups is 3. The van der Waals surface area contributed by atoms with Crippen molar-refractivity contribution in [3.8, 4) is 0 Å². The summed E-state index contributed by atoms with van der Waals surface area (Å²) in [6.07, 6.45) is 0.688. The second-order valence-electron chi connectivity index (χ2n) is 15.6. The first kappa shape index (κ1) is 41.9. The van der Waals surface area contributed by atoms with E-state index in [1.807, 2.05) is 27.7 Å². The Labute approximate surface area is 293 Å². The molecule has 11 heteroatoms. The summed E-state index contributed by atoms with van der Waals surface area (Å²) in [5.74, 6) is -2.05. The number of alkyl carbamates (subject to hydrolysis) is 1. The SMILES string of the molecule is CCCN(CCC)C(=O)c1cc(C)cc(C(=O)N[C@@H](Cc2cc(F)cc(F)c2)[C@H](CC(C)NC(=O)OC(C)(C)C)O[Si](C)(C)C(C)(C)C)c1. The first-order chi connectivity index (χ1) is 22.5. The minimum atomic E-state index is -2.50. The van der Waals surface area contributed by atoms with Gasteiger partial charge in [-0.1, -0.05) is 34.6 Å². The van der Waals surface area contributed by atoms with Gasteiger partial charge in [0.2, 0.25) is 0 Å². The third kappa shape index (κ3) is 13.5. The highest BCUT2D eigenvalue weighted by Crippen LogP contribution is 2.38. The lowest BCUT2D eigenvalue weighted by molar-refractivity contribution is 0.0476. The molecule has 0 saturated heterocycles. The largest absolute Gasteiger partial charge is 0.444 e. The lowest BCUT2D eigenvalue weighted by atomic mass is 9.96. The average molecular weight is 704 g/mol. The van der Waals surface area contributed by atoms with Crippen molar-refractivity contribution in [2.75, 3.05) is 13.1 Å². The van der Waals surface area contributed by atoms with E-state index in [4.69, 9.17) is 9.16 Å². The van der Waals surface area contributed by atoms with Gasteiger partial charge in [-0.3, -0.25) is 9.59 Å². The summed E-state index contributed by atoms with van der Waals surface area (Å²) in [4.78, 5) is 42.1. The van der Waals surface area contributed by atoms with Gasteiger partial charge in [0.1, 0.15) is 17.2 Å². The van der Waals surface area contributed by atoms with E-state index in [0.29, 0.717) is 24.2 Å². The Hall–Kier alpha value is -3.31. The number of aryl methyl sites for hydroxylation is 1. The summed E-state index contributed by atoms with van der Waals surface area (Å²) in [5.41, 5.74) is 1.10. The highest BCUT2D eigenvalue weighted by molar-refractivity contribution is 6.74. The molecule has 274 valence electrons. The van der Waals surface area contributed by atoms with Crippen molar-refractivity contribution < 1.29 is 32.3 Å². The number of carbonyl (C=O) groups excluding carboxylic acids is 3. The molecular formula is C38H59F2N3O5Si. The van der Waals surface area contributed by atoms with Gasteiger partial charge < -0.3 is 24.7 Å². The van der Waals surface area contributed by atoms with Crippen molar-refractivity contribution in [1.82, 2.24) is 15.5 Å². The summed E-state index contributed by atoms with van der Waals surface area (Å²) in [6.45, 7) is 24.7. The van der Waals surface area contributed by atoms with Gasteiger partial charge in [0.25, 0.3) is 11.8 Å². The Bertz CT molecular complexity index is 1410. The van der Waals surface area contributed by atoms with Crippen LogP contribution in [0.5, 0.6) is 0 Å². The van der Waals surface area contributed by atoms with Gasteiger partial charge in [0, 0.05) is 36.3 Å². The van der Waals surface area contributed by atoms with Crippen LogP contribution >= 0.6 is 0 Å². The van der Waals surface area contributed by atoms with Crippen molar-refractivity contribution in [3.05, 3.63) is 70.3 Å². The summed E-state index contributed by atoms with van der Waals surface area (Å²) >= 11 is 0. The van der Waals surface area contributed by atoms with Crippen LogP contribution in [0.25, 0.3) is 0 Å². The Morgan fingerprint density at radius 2 is 1.41 bits per heavy atom. The molecule has 0 saturated carbocycles.